The van der Waals surface area contributed by atoms with E-state index in [2.05, 4.69) is 6.07 Å². The summed E-state index contributed by atoms with van der Waals surface area (Å²) >= 11 is 0. The molecule has 32 heavy (non-hydrogen) atoms. The third kappa shape index (κ3) is 2.81. The second kappa shape index (κ2) is 7.29. The van der Waals surface area contributed by atoms with Crippen LogP contribution in [0.15, 0.2) is 72.1 Å². The Morgan fingerprint density at radius 2 is 1.84 bits per heavy atom. The number of phenolic OH excluding ortho intramolecular Hbond substituents is 1. The highest BCUT2D eigenvalue weighted by Crippen LogP contribution is 2.42. The van der Waals surface area contributed by atoms with Gasteiger partial charge in [0.05, 0.1) is 36.4 Å². The van der Waals surface area contributed by atoms with Gasteiger partial charge in [0.15, 0.2) is 0 Å². The molecule has 0 radical (unpaired) electrons. The molecule has 0 bridgehead atoms. The molecule has 7 heteroatoms. The minimum Gasteiger partial charge on any atom is -0.507 e. The van der Waals surface area contributed by atoms with E-state index in [-0.39, 0.29) is 40.6 Å². The number of ether oxygens (including phenoxy) is 2. The molecule has 156 valence electrons. The maximum Gasteiger partial charge on any atom is 0.235 e. The summed E-state index contributed by atoms with van der Waals surface area (Å²) in [4.78, 5) is 29.0. The molecule has 1 N–H and O–H groups in total. The van der Waals surface area contributed by atoms with Crippen LogP contribution in [0.3, 0.4) is 0 Å². The minimum absolute atomic E-state index is 0.0211. The van der Waals surface area contributed by atoms with Gasteiger partial charge < -0.3 is 19.5 Å². The molecule has 0 saturated carbocycles. The molecule has 0 atom stereocenters. The lowest BCUT2D eigenvalue weighted by atomic mass is 9.88. The fraction of sp³-hybridized carbons (Fsp3) is 0.0800. The Bertz CT molecular complexity index is 1380. The first-order valence-corrected chi connectivity index (χ1v) is 9.80. The molecule has 0 amide bonds. The summed E-state index contributed by atoms with van der Waals surface area (Å²) in [6.45, 7) is 0.235. The van der Waals surface area contributed by atoms with E-state index >= 15 is 0 Å². The summed E-state index contributed by atoms with van der Waals surface area (Å²) in [5.74, 6) is -1.04. The Morgan fingerprint density at radius 3 is 2.62 bits per heavy atom. The quantitative estimate of drug-likeness (QED) is 0.665. The number of hydrogen-bond acceptors (Lipinski definition) is 7. The van der Waals surface area contributed by atoms with Gasteiger partial charge in [-0.3, -0.25) is 9.59 Å². The maximum absolute atomic E-state index is 13.8. The standard InChI is InChI=1S/C25H16N2O5/c1-31-19-10-9-17(28)20-21(19)23(29)22-25(24(20)30)32-18-8-3-2-6-15(18)13-27(22)16-7-4-5-14(11-16)12-26/h2-11,28H,13H2,1H3. The molecule has 0 fully saturated rings. The molecule has 0 spiro atoms. The monoisotopic (exact) mass is 424 g/mol. The lowest BCUT2D eigenvalue weighted by Gasteiger charge is -2.29. The van der Waals surface area contributed by atoms with Crippen molar-refractivity contribution in [3.05, 3.63) is 94.4 Å². The van der Waals surface area contributed by atoms with Crippen LogP contribution in [0.25, 0.3) is 0 Å². The van der Waals surface area contributed by atoms with Crippen LogP contribution >= 0.6 is 0 Å². The Labute approximate surface area is 183 Å². The number of allylic oxidation sites excluding steroid dienone is 2. The number of ketones is 2. The van der Waals surface area contributed by atoms with Gasteiger partial charge in [-0.25, -0.2) is 0 Å². The van der Waals surface area contributed by atoms with Crippen molar-refractivity contribution in [2.75, 3.05) is 12.0 Å². The first kappa shape index (κ1) is 19.4. The van der Waals surface area contributed by atoms with Gasteiger partial charge in [0.2, 0.25) is 17.3 Å². The summed E-state index contributed by atoms with van der Waals surface area (Å²) in [5.41, 5.74) is 1.57. The number of para-hydroxylation sites is 1. The van der Waals surface area contributed by atoms with E-state index in [9.17, 15) is 20.0 Å². The van der Waals surface area contributed by atoms with Crippen molar-refractivity contribution < 1.29 is 24.2 Å². The summed E-state index contributed by atoms with van der Waals surface area (Å²) < 4.78 is 11.3. The van der Waals surface area contributed by atoms with Crippen molar-refractivity contribution in [3.8, 4) is 23.3 Å². The maximum atomic E-state index is 13.8. The number of hydrogen-bond donors (Lipinski definition) is 1. The van der Waals surface area contributed by atoms with E-state index in [0.717, 1.165) is 5.56 Å². The fourth-order valence-corrected chi connectivity index (χ4v) is 4.04. The van der Waals surface area contributed by atoms with E-state index in [4.69, 9.17) is 9.47 Å². The largest absolute Gasteiger partial charge is 0.507 e. The summed E-state index contributed by atoms with van der Waals surface area (Å²) in [6.07, 6.45) is 0. The Hall–Kier alpha value is -4.57. The third-order valence-electron chi connectivity index (χ3n) is 5.53. The molecule has 1 heterocycles. The molecular weight excluding hydrogens is 408 g/mol. The smallest absolute Gasteiger partial charge is 0.235 e. The zero-order valence-electron chi connectivity index (χ0n) is 17.0. The molecule has 0 aromatic heterocycles. The number of nitrogens with zero attached hydrogens (tertiary/aromatic N) is 2. The summed E-state index contributed by atoms with van der Waals surface area (Å²) in [5, 5.41) is 19.8. The van der Waals surface area contributed by atoms with Gasteiger partial charge >= 0.3 is 0 Å². The molecular formula is C25H16N2O5. The van der Waals surface area contributed by atoms with Crippen molar-refractivity contribution in [1.82, 2.24) is 0 Å². The van der Waals surface area contributed by atoms with E-state index in [0.29, 0.717) is 17.0 Å². The molecule has 2 aliphatic rings. The van der Waals surface area contributed by atoms with Crippen molar-refractivity contribution in [2.24, 2.45) is 0 Å². The highest BCUT2D eigenvalue weighted by Gasteiger charge is 2.42. The first-order valence-electron chi connectivity index (χ1n) is 9.80. The van der Waals surface area contributed by atoms with Gasteiger partial charge in [0.25, 0.3) is 0 Å². The van der Waals surface area contributed by atoms with Gasteiger partial charge in [-0.05, 0) is 36.4 Å². The molecule has 0 unspecified atom stereocenters. The second-order valence-electron chi connectivity index (χ2n) is 7.33. The second-order valence-corrected chi connectivity index (χ2v) is 7.33. The molecule has 0 saturated heterocycles. The number of Topliss-reactive ketones (excluding diaryl/α,β-unsaturated/α-hetero) is 2. The summed E-state index contributed by atoms with van der Waals surface area (Å²) in [7, 11) is 1.39. The van der Waals surface area contributed by atoms with Crippen LogP contribution in [-0.2, 0) is 6.54 Å². The predicted molar refractivity (Wildman–Crippen MR) is 115 cm³/mol. The normalized spacial score (nSPS) is 14.6. The first-order chi connectivity index (χ1) is 15.5. The number of rotatable bonds is 2. The van der Waals surface area contributed by atoms with Crippen LogP contribution in [0.2, 0.25) is 0 Å². The number of nitriles is 1. The average molecular weight is 424 g/mol. The summed E-state index contributed by atoms with van der Waals surface area (Å²) in [6, 6.07) is 18.8. The molecule has 3 aromatic carbocycles. The fourth-order valence-electron chi connectivity index (χ4n) is 4.04. The van der Waals surface area contributed by atoms with E-state index in [1.54, 1.807) is 41.3 Å². The zero-order valence-corrected chi connectivity index (χ0v) is 17.0. The van der Waals surface area contributed by atoms with Crippen molar-refractivity contribution >= 4 is 17.3 Å². The number of aromatic hydroxyl groups is 1. The SMILES string of the molecule is COc1ccc(O)c2c1C(=O)C1=C(Oc3ccccc3CN1c1cccc(C#N)c1)C2=O. The molecule has 7 nitrogen and oxygen atoms in total. The van der Waals surface area contributed by atoms with Crippen molar-refractivity contribution in [2.45, 2.75) is 6.54 Å². The Kier molecular flexibility index (Phi) is 4.42. The Morgan fingerprint density at radius 1 is 1.03 bits per heavy atom. The highest BCUT2D eigenvalue weighted by atomic mass is 16.5. The minimum atomic E-state index is -0.621. The number of methoxy groups -OCH3 is 1. The molecule has 1 aliphatic carbocycles. The Balaban J connectivity index is 1.80. The van der Waals surface area contributed by atoms with E-state index in [1.165, 1.54) is 19.2 Å². The van der Waals surface area contributed by atoms with Crippen LogP contribution in [0.1, 0.15) is 31.8 Å². The average Bonchev–Trinajstić information content (AvgIpc) is 3.00. The van der Waals surface area contributed by atoms with Crippen molar-refractivity contribution in [3.63, 3.8) is 0 Å². The number of phenols is 1. The molecule has 3 aromatic rings. The van der Waals surface area contributed by atoms with E-state index in [1.807, 2.05) is 12.1 Å². The van der Waals surface area contributed by atoms with E-state index < -0.39 is 11.6 Å². The van der Waals surface area contributed by atoms with Crippen LogP contribution in [-0.4, -0.2) is 23.8 Å². The van der Waals surface area contributed by atoms with Crippen LogP contribution in [0.4, 0.5) is 5.69 Å². The number of carbonyl (C=O) groups is 2. The van der Waals surface area contributed by atoms with Gasteiger partial charge in [-0.15, -0.1) is 0 Å². The predicted octanol–water partition coefficient (Wildman–Crippen LogP) is 3.96. The lowest BCUT2D eigenvalue weighted by molar-refractivity contribution is 0.0931. The molecule has 5 rings (SSSR count). The number of fused-ring (bicyclic) bond motifs is 2. The number of carbonyl (C=O) groups excluding carboxylic acids is 2. The van der Waals surface area contributed by atoms with Gasteiger partial charge in [-0.2, -0.15) is 5.26 Å². The number of anilines is 1. The zero-order chi connectivity index (χ0) is 22.4. The van der Waals surface area contributed by atoms with Gasteiger partial charge in [0.1, 0.15) is 22.9 Å². The number of benzene rings is 3. The highest BCUT2D eigenvalue weighted by molar-refractivity contribution is 6.29. The van der Waals surface area contributed by atoms with Gasteiger partial charge in [-0.1, -0.05) is 24.3 Å². The third-order valence-corrected chi connectivity index (χ3v) is 5.53. The lowest BCUT2D eigenvalue weighted by Crippen LogP contribution is -2.34. The van der Waals surface area contributed by atoms with Crippen LogP contribution < -0.4 is 14.4 Å². The molecule has 1 aliphatic heterocycles. The van der Waals surface area contributed by atoms with Gasteiger partial charge in [0, 0.05) is 11.3 Å². The van der Waals surface area contributed by atoms with Crippen LogP contribution in [0, 0.1) is 11.3 Å². The topological polar surface area (TPSA) is 99.9 Å². The van der Waals surface area contributed by atoms with Crippen molar-refractivity contribution in [1.29, 1.82) is 5.26 Å². The van der Waals surface area contributed by atoms with Crippen LogP contribution in [0.5, 0.6) is 17.2 Å².